The fourth-order valence-corrected chi connectivity index (χ4v) is 2.30. The van der Waals surface area contributed by atoms with Gasteiger partial charge in [-0.3, -0.25) is 9.59 Å². The molecule has 2 N–H and O–H groups in total. The maximum Gasteiger partial charge on any atom is 0.303 e. The zero-order valence-electron chi connectivity index (χ0n) is 17.3. The van der Waals surface area contributed by atoms with E-state index in [1.807, 2.05) is 0 Å². The van der Waals surface area contributed by atoms with Gasteiger partial charge in [0.2, 0.25) is 5.91 Å². The quantitative estimate of drug-likeness (QED) is 0.242. The Morgan fingerprint density at radius 3 is 1.71 bits per heavy atom. The molecule has 0 rings (SSSR count). The molecule has 0 unspecified atom stereocenters. The summed E-state index contributed by atoms with van der Waals surface area (Å²) in [4.78, 5) is 21.9. The zero-order chi connectivity index (χ0) is 20.7. The largest absolute Gasteiger partial charge is 0.481 e. The third-order valence-electron chi connectivity index (χ3n) is 3.82. The van der Waals surface area contributed by atoms with Gasteiger partial charge in [0, 0.05) is 19.4 Å². The number of carbonyl (C=O) groups is 2. The van der Waals surface area contributed by atoms with Crippen LogP contribution < -0.4 is 5.32 Å². The lowest BCUT2D eigenvalue weighted by molar-refractivity contribution is -0.137. The molecule has 0 spiro atoms. The van der Waals surface area contributed by atoms with Gasteiger partial charge in [0.05, 0.1) is 0 Å². The van der Waals surface area contributed by atoms with Crippen molar-refractivity contribution in [3.63, 3.8) is 0 Å². The average molecular weight is 388 g/mol. The van der Waals surface area contributed by atoms with Crippen LogP contribution in [0.3, 0.4) is 0 Å². The number of carboxylic acid groups (broad SMARTS) is 1. The number of hydrogen-bond acceptors (Lipinski definition) is 2. The molecular formula is C24H37NO3. The van der Waals surface area contributed by atoms with E-state index in [1.54, 1.807) is 0 Å². The number of allylic oxidation sites excluding steroid dienone is 10. The van der Waals surface area contributed by atoms with Crippen molar-refractivity contribution in [3.05, 3.63) is 60.8 Å². The normalized spacial score (nSPS) is 12.3. The lowest BCUT2D eigenvalue weighted by atomic mass is 10.2. The monoisotopic (exact) mass is 387 g/mol. The topological polar surface area (TPSA) is 66.4 Å². The summed E-state index contributed by atoms with van der Waals surface area (Å²) >= 11 is 0. The first-order valence-corrected chi connectivity index (χ1v) is 10.4. The van der Waals surface area contributed by atoms with Crippen molar-refractivity contribution in [3.8, 4) is 0 Å². The maximum atomic E-state index is 11.5. The molecule has 0 bridgehead atoms. The smallest absolute Gasteiger partial charge is 0.303 e. The number of aliphatic carboxylic acids is 1. The lowest BCUT2D eigenvalue weighted by Crippen LogP contribution is -2.24. The first kappa shape index (κ1) is 25.6. The van der Waals surface area contributed by atoms with E-state index in [1.165, 1.54) is 0 Å². The van der Waals surface area contributed by atoms with Crippen LogP contribution in [0.4, 0.5) is 0 Å². The summed E-state index contributed by atoms with van der Waals surface area (Å²) in [6.07, 6.45) is 29.4. The molecular weight excluding hydrogens is 350 g/mol. The van der Waals surface area contributed by atoms with E-state index >= 15 is 0 Å². The number of hydrogen-bond donors (Lipinski definition) is 2. The first-order chi connectivity index (χ1) is 13.7. The van der Waals surface area contributed by atoms with Gasteiger partial charge >= 0.3 is 5.97 Å². The van der Waals surface area contributed by atoms with Crippen LogP contribution in [0.25, 0.3) is 0 Å². The molecule has 0 aliphatic rings. The van der Waals surface area contributed by atoms with Crippen molar-refractivity contribution in [1.29, 1.82) is 0 Å². The van der Waals surface area contributed by atoms with Crippen LogP contribution in [0.5, 0.6) is 0 Å². The van der Waals surface area contributed by atoms with Crippen molar-refractivity contribution in [2.24, 2.45) is 0 Å². The highest BCUT2D eigenvalue weighted by molar-refractivity contribution is 5.75. The Labute approximate surface area is 170 Å². The molecule has 0 fully saturated rings. The van der Waals surface area contributed by atoms with Gasteiger partial charge < -0.3 is 10.4 Å². The minimum atomic E-state index is -0.826. The SMILES string of the molecule is CC/C=C\C/C=C\C/C=C\C/C=C\C/C=C\CCCC(=O)NCCCC(=O)O. The van der Waals surface area contributed by atoms with Gasteiger partial charge in [-0.15, -0.1) is 0 Å². The number of carboxylic acids is 1. The fraction of sp³-hybridized carbons (Fsp3) is 0.500. The molecule has 0 aromatic rings. The summed E-state index contributed by atoms with van der Waals surface area (Å²) < 4.78 is 0. The van der Waals surface area contributed by atoms with Crippen LogP contribution in [0.1, 0.15) is 71.1 Å². The maximum absolute atomic E-state index is 11.5. The summed E-state index contributed by atoms with van der Waals surface area (Å²) in [6, 6.07) is 0. The van der Waals surface area contributed by atoms with Gasteiger partial charge in [-0.25, -0.2) is 0 Å². The van der Waals surface area contributed by atoms with E-state index in [4.69, 9.17) is 5.11 Å². The Kier molecular flexibility index (Phi) is 19.2. The van der Waals surface area contributed by atoms with Crippen LogP contribution in [0, 0.1) is 0 Å². The van der Waals surface area contributed by atoms with Crippen LogP contribution in [0.2, 0.25) is 0 Å². The third-order valence-corrected chi connectivity index (χ3v) is 3.82. The van der Waals surface area contributed by atoms with Crippen molar-refractivity contribution in [1.82, 2.24) is 5.32 Å². The van der Waals surface area contributed by atoms with Gasteiger partial charge in [0.1, 0.15) is 0 Å². The van der Waals surface area contributed by atoms with Gasteiger partial charge in [-0.1, -0.05) is 67.7 Å². The van der Waals surface area contributed by atoms with Crippen LogP contribution in [-0.4, -0.2) is 23.5 Å². The predicted octanol–water partition coefficient (Wildman–Crippen LogP) is 5.89. The zero-order valence-corrected chi connectivity index (χ0v) is 17.3. The van der Waals surface area contributed by atoms with Crippen LogP contribution in [-0.2, 0) is 9.59 Å². The lowest BCUT2D eigenvalue weighted by Gasteiger charge is -2.02. The Morgan fingerprint density at radius 1 is 0.714 bits per heavy atom. The van der Waals surface area contributed by atoms with Crippen LogP contribution >= 0.6 is 0 Å². The van der Waals surface area contributed by atoms with E-state index < -0.39 is 5.97 Å². The fourth-order valence-electron chi connectivity index (χ4n) is 2.30. The molecule has 0 saturated heterocycles. The highest BCUT2D eigenvalue weighted by Gasteiger charge is 2.00. The molecule has 0 heterocycles. The highest BCUT2D eigenvalue weighted by Crippen LogP contribution is 1.99. The average Bonchev–Trinajstić information content (AvgIpc) is 2.67. The molecule has 0 radical (unpaired) electrons. The molecule has 156 valence electrons. The van der Waals surface area contributed by atoms with Crippen molar-refractivity contribution in [2.45, 2.75) is 71.1 Å². The Balaban J connectivity index is 3.51. The Bertz CT molecular complexity index is 542. The van der Waals surface area contributed by atoms with Crippen molar-refractivity contribution >= 4 is 11.9 Å². The first-order valence-electron chi connectivity index (χ1n) is 10.4. The van der Waals surface area contributed by atoms with Gasteiger partial charge in [-0.05, 0) is 51.4 Å². The summed E-state index contributed by atoms with van der Waals surface area (Å²) in [7, 11) is 0. The molecule has 0 aromatic heterocycles. The van der Waals surface area contributed by atoms with E-state index in [0.717, 1.165) is 44.9 Å². The minimum Gasteiger partial charge on any atom is -0.481 e. The van der Waals surface area contributed by atoms with Gasteiger partial charge in [0.25, 0.3) is 0 Å². The molecule has 4 nitrogen and oxygen atoms in total. The number of unbranched alkanes of at least 4 members (excludes halogenated alkanes) is 1. The van der Waals surface area contributed by atoms with Crippen LogP contribution in [0.15, 0.2) is 60.8 Å². The molecule has 0 aromatic carbocycles. The second-order valence-corrected chi connectivity index (χ2v) is 6.45. The highest BCUT2D eigenvalue weighted by atomic mass is 16.4. The van der Waals surface area contributed by atoms with E-state index in [9.17, 15) is 9.59 Å². The summed E-state index contributed by atoms with van der Waals surface area (Å²) in [5.41, 5.74) is 0. The molecule has 4 heteroatoms. The summed E-state index contributed by atoms with van der Waals surface area (Å²) in [5, 5.41) is 11.3. The molecule has 0 aliphatic heterocycles. The second kappa shape index (κ2) is 20.9. The van der Waals surface area contributed by atoms with Gasteiger partial charge in [-0.2, -0.15) is 0 Å². The number of amides is 1. The van der Waals surface area contributed by atoms with Crippen molar-refractivity contribution in [2.75, 3.05) is 6.54 Å². The third kappa shape index (κ3) is 21.7. The molecule has 0 saturated carbocycles. The van der Waals surface area contributed by atoms with E-state index in [0.29, 0.717) is 19.4 Å². The molecule has 0 aliphatic carbocycles. The Morgan fingerprint density at radius 2 is 1.21 bits per heavy atom. The van der Waals surface area contributed by atoms with Gasteiger partial charge in [0.15, 0.2) is 0 Å². The molecule has 1 amide bonds. The molecule has 28 heavy (non-hydrogen) atoms. The second-order valence-electron chi connectivity index (χ2n) is 6.45. The Hall–Kier alpha value is -2.36. The number of rotatable bonds is 17. The van der Waals surface area contributed by atoms with Crippen molar-refractivity contribution < 1.29 is 14.7 Å². The number of nitrogens with one attached hydrogen (secondary N) is 1. The predicted molar refractivity (Wildman–Crippen MR) is 118 cm³/mol. The summed E-state index contributed by atoms with van der Waals surface area (Å²) in [5.74, 6) is -0.828. The van der Waals surface area contributed by atoms with E-state index in [2.05, 4.69) is 73.0 Å². The summed E-state index contributed by atoms with van der Waals surface area (Å²) in [6.45, 7) is 2.58. The minimum absolute atomic E-state index is 0.00209. The number of carbonyl (C=O) groups excluding carboxylic acids is 1. The van der Waals surface area contributed by atoms with E-state index in [-0.39, 0.29) is 12.3 Å². The standard InChI is InChI=1S/C24H37NO3/c1-2-3-4-5-6-7-8-9-10-11-12-13-14-15-16-17-18-20-23(26)25-22-19-21-24(27)28/h3-4,6-7,9-10,12-13,15-16H,2,5,8,11,14,17-22H2,1H3,(H,25,26)(H,27,28)/b4-3-,7-6-,10-9-,13-12-,16-15-. The molecule has 0 atom stereocenters.